The summed E-state index contributed by atoms with van der Waals surface area (Å²) >= 11 is 0. The number of carbonyl (C=O) groups excluding carboxylic acids is 1. The van der Waals surface area contributed by atoms with Crippen molar-refractivity contribution in [2.24, 2.45) is 0 Å². The van der Waals surface area contributed by atoms with Crippen molar-refractivity contribution < 1.29 is 35.9 Å². The van der Waals surface area contributed by atoms with Crippen LogP contribution in [0.3, 0.4) is 0 Å². The van der Waals surface area contributed by atoms with Crippen LogP contribution in [0.1, 0.15) is 12.0 Å². The van der Waals surface area contributed by atoms with Crippen LogP contribution >= 0.6 is 0 Å². The fourth-order valence-corrected chi connectivity index (χ4v) is 2.02. The summed E-state index contributed by atoms with van der Waals surface area (Å²) in [4.78, 5) is 22.4. The largest absolute Gasteiger partial charge is 0.454 e. The van der Waals surface area contributed by atoms with Gasteiger partial charge in [-0.05, 0) is 18.2 Å². The number of ether oxygens (including phenoxy) is 1. The van der Waals surface area contributed by atoms with Crippen molar-refractivity contribution in [3.63, 3.8) is 0 Å². The smallest absolute Gasteiger partial charge is 0.422 e. The summed E-state index contributed by atoms with van der Waals surface area (Å²) in [5.74, 6) is -0.906. The molecule has 0 saturated heterocycles. The highest BCUT2D eigenvalue weighted by Crippen LogP contribution is 2.31. The van der Waals surface area contributed by atoms with Gasteiger partial charge in [0.2, 0.25) is 17.8 Å². The van der Waals surface area contributed by atoms with E-state index >= 15 is 0 Å². The number of benzene rings is 1. The topological polar surface area (TPSA) is 101 Å². The van der Waals surface area contributed by atoms with Crippen molar-refractivity contribution in [1.29, 1.82) is 0 Å². The number of halogens is 6. The number of rotatable bonds is 8. The molecular formula is C16H16F6N6O2. The van der Waals surface area contributed by atoms with E-state index in [9.17, 15) is 31.1 Å². The first-order valence-corrected chi connectivity index (χ1v) is 8.30. The van der Waals surface area contributed by atoms with Gasteiger partial charge in [0.15, 0.2) is 6.61 Å². The summed E-state index contributed by atoms with van der Waals surface area (Å²) in [7, 11) is 1.42. The highest BCUT2D eigenvalue weighted by Gasteiger charge is 2.31. The monoisotopic (exact) mass is 438 g/mol. The fourth-order valence-electron chi connectivity index (χ4n) is 2.02. The molecule has 14 heteroatoms. The van der Waals surface area contributed by atoms with Crippen molar-refractivity contribution in [2.75, 3.05) is 30.8 Å². The normalized spacial score (nSPS) is 11.7. The first-order chi connectivity index (χ1) is 14.0. The summed E-state index contributed by atoms with van der Waals surface area (Å²) < 4.78 is 80.2. The number of nitrogens with one attached hydrogen (secondary N) is 3. The summed E-state index contributed by atoms with van der Waals surface area (Å²) in [6, 6.07) is 3.34. The molecule has 0 aliphatic heterocycles. The molecule has 1 heterocycles. The fraction of sp³-hybridized carbons (Fsp3) is 0.375. The predicted molar refractivity (Wildman–Crippen MR) is 93.3 cm³/mol. The van der Waals surface area contributed by atoms with Gasteiger partial charge in [0.1, 0.15) is 0 Å². The number of nitrogens with zero attached hydrogens (tertiary/aromatic N) is 3. The van der Waals surface area contributed by atoms with Crippen LogP contribution in [0.15, 0.2) is 24.3 Å². The Balaban J connectivity index is 2.23. The van der Waals surface area contributed by atoms with Crippen molar-refractivity contribution in [3.8, 4) is 6.01 Å². The first-order valence-electron chi connectivity index (χ1n) is 8.30. The lowest BCUT2D eigenvalue weighted by molar-refractivity contribution is -0.154. The molecule has 0 radical (unpaired) electrons. The maximum atomic E-state index is 12.8. The molecule has 8 nitrogen and oxygen atoms in total. The minimum Gasteiger partial charge on any atom is -0.454 e. The van der Waals surface area contributed by atoms with Crippen LogP contribution in [0.25, 0.3) is 0 Å². The van der Waals surface area contributed by atoms with E-state index in [1.807, 2.05) is 0 Å². The van der Waals surface area contributed by atoms with Crippen molar-refractivity contribution in [2.45, 2.75) is 18.8 Å². The average Bonchev–Trinajstić information content (AvgIpc) is 2.65. The van der Waals surface area contributed by atoms with Crippen LogP contribution in [0.5, 0.6) is 6.01 Å². The highest BCUT2D eigenvalue weighted by atomic mass is 19.4. The number of hydrogen-bond donors (Lipinski definition) is 3. The molecule has 0 aliphatic carbocycles. The number of carbonyl (C=O) groups is 1. The van der Waals surface area contributed by atoms with E-state index < -0.39 is 30.5 Å². The van der Waals surface area contributed by atoms with Gasteiger partial charge in [-0.2, -0.15) is 41.3 Å². The van der Waals surface area contributed by atoms with Crippen LogP contribution in [0, 0.1) is 0 Å². The van der Waals surface area contributed by atoms with Gasteiger partial charge in [-0.1, -0.05) is 6.07 Å². The third kappa shape index (κ3) is 7.60. The second-order valence-corrected chi connectivity index (χ2v) is 5.72. The Morgan fingerprint density at radius 3 is 2.40 bits per heavy atom. The van der Waals surface area contributed by atoms with E-state index in [1.54, 1.807) is 0 Å². The summed E-state index contributed by atoms with van der Waals surface area (Å²) in [5.41, 5.74) is -1.01. The standard InChI is InChI=1S/C16H16F6N6O2/c1-23-11(29)5-6-24-12-26-13(28-14(27-12)30-8-15(17,18)19)25-10-4-2-3-9(7-10)16(20,21)22/h2-4,7H,5-6,8H2,1H3,(H,23,29)(H2,24,25,26,27,28). The lowest BCUT2D eigenvalue weighted by atomic mass is 10.2. The van der Waals surface area contributed by atoms with Crippen LogP contribution in [0.4, 0.5) is 43.9 Å². The van der Waals surface area contributed by atoms with Crippen molar-refractivity contribution >= 4 is 23.5 Å². The molecule has 30 heavy (non-hydrogen) atoms. The Kier molecular flexibility index (Phi) is 7.24. The Bertz CT molecular complexity index is 874. The zero-order valence-electron chi connectivity index (χ0n) is 15.4. The van der Waals surface area contributed by atoms with Gasteiger partial charge >= 0.3 is 18.4 Å². The van der Waals surface area contributed by atoms with Crippen molar-refractivity contribution in [1.82, 2.24) is 20.3 Å². The lowest BCUT2D eigenvalue weighted by Crippen LogP contribution is -2.22. The molecule has 1 aromatic heterocycles. The quantitative estimate of drug-likeness (QED) is 0.545. The maximum Gasteiger partial charge on any atom is 0.422 e. The second kappa shape index (κ2) is 9.45. The van der Waals surface area contributed by atoms with Gasteiger partial charge in [-0.15, -0.1) is 0 Å². The van der Waals surface area contributed by atoms with Gasteiger partial charge in [-0.25, -0.2) is 0 Å². The van der Waals surface area contributed by atoms with Gasteiger partial charge in [0, 0.05) is 25.7 Å². The third-order valence-corrected chi connectivity index (χ3v) is 3.34. The van der Waals surface area contributed by atoms with Crippen LogP contribution in [-0.2, 0) is 11.0 Å². The van der Waals surface area contributed by atoms with Crippen LogP contribution < -0.4 is 20.7 Å². The van der Waals surface area contributed by atoms with E-state index in [4.69, 9.17) is 0 Å². The molecule has 3 N–H and O–H groups in total. The molecule has 0 unspecified atom stereocenters. The molecule has 0 spiro atoms. The Hall–Kier alpha value is -3.32. The number of aromatic nitrogens is 3. The Morgan fingerprint density at radius 1 is 1.07 bits per heavy atom. The molecule has 0 aliphatic rings. The molecule has 2 aromatic rings. The Labute approximate surface area is 166 Å². The summed E-state index contributed by atoms with van der Waals surface area (Å²) in [5, 5.41) is 7.44. The van der Waals surface area contributed by atoms with Gasteiger partial charge < -0.3 is 20.7 Å². The first kappa shape index (κ1) is 23.0. The van der Waals surface area contributed by atoms with Gasteiger partial charge in [-0.3, -0.25) is 4.79 Å². The van der Waals surface area contributed by atoms with E-state index in [1.165, 1.54) is 13.1 Å². The van der Waals surface area contributed by atoms with Crippen molar-refractivity contribution in [3.05, 3.63) is 29.8 Å². The zero-order chi connectivity index (χ0) is 22.4. The number of hydrogen-bond acceptors (Lipinski definition) is 7. The number of alkyl halides is 6. The molecular weight excluding hydrogens is 422 g/mol. The average molecular weight is 438 g/mol. The molecule has 1 aromatic carbocycles. The Morgan fingerprint density at radius 2 is 1.77 bits per heavy atom. The molecule has 164 valence electrons. The van der Waals surface area contributed by atoms with Gasteiger partial charge in [0.05, 0.1) is 5.56 Å². The lowest BCUT2D eigenvalue weighted by Gasteiger charge is -2.13. The van der Waals surface area contributed by atoms with E-state index in [2.05, 4.69) is 35.6 Å². The van der Waals surface area contributed by atoms with Crippen LogP contribution in [0.2, 0.25) is 0 Å². The molecule has 2 rings (SSSR count). The molecule has 0 saturated carbocycles. The van der Waals surface area contributed by atoms with Crippen LogP contribution in [-0.4, -0.2) is 47.2 Å². The number of anilines is 3. The third-order valence-electron chi connectivity index (χ3n) is 3.34. The molecule has 0 bridgehead atoms. The molecule has 0 fully saturated rings. The maximum absolute atomic E-state index is 12.8. The zero-order valence-corrected chi connectivity index (χ0v) is 15.4. The predicted octanol–water partition coefficient (Wildman–Crippen LogP) is 3.12. The summed E-state index contributed by atoms with van der Waals surface area (Å²) in [6.07, 6.45) is -9.24. The highest BCUT2D eigenvalue weighted by molar-refractivity contribution is 5.76. The minimum absolute atomic E-state index is 0.0112. The van der Waals surface area contributed by atoms with E-state index in [0.29, 0.717) is 0 Å². The molecule has 0 atom stereocenters. The van der Waals surface area contributed by atoms with E-state index in [-0.39, 0.29) is 36.5 Å². The number of amides is 1. The van der Waals surface area contributed by atoms with E-state index in [0.717, 1.165) is 18.2 Å². The minimum atomic E-state index is -4.66. The van der Waals surface area contributed by atoms with Gasteiger partial charge in [0.25, 0.3) is 0 Å². The summed E-state index contributed by atoms with van der Waals surface area (Å²) in [6.45, 7) is -1.65. The SMILES string of the molecule is CNC(=O)CCNc1nc(Nc2cccc(C(F)(F)F)c2)nc(OCC(F)(F)F)n1. The second-order valence-electron chi connectivity index (χ2n) is 5.72. The molecule has 1 amide bonds.